The molecule has 0 saturated carbocycles. The van der Waals surface area contributed by atoms with E-state index in [9.17, 15) is 9.59 Å². The van der Waals surface area contributed by atoms with Gasteiger partial charge in [0.25, 0.3) is 5.91 Å². The summed E-state index contributed by atoms with van der Waals surface area (Å²) in [4.78, 5) is 29.5. The van der Waals surface area contributed by atoms with Crippen molar-refractivity contribution in [1.82, 2.24) is 4.90 Å². The van der Waals surface area contributed by atoms with E-state index in [4.69, 9.17) is 9.47 Å². The normalized spacial score (nSPS) is 16.9. The van der Waals surface area contributed by atoms with Gasteiger partial charge in [-0.3, -0.25) is 14.5 Å². The predicted octanol–water partition coefficient (Wildman–Crippen LogP) is 4.34. The summed E-state index contributed by atoms with van der Waals surface area (Å²) in [5.41, 5.74) is 4.54. The van der Waals surface area contributed by atoms with Crippen molar-refractivity contribution in [2.45, 2.75) is 32.6 Å². The van der Waals surface area contributed by atoms with Crippen molar-refractivity contribution in [3.05, 3.63) is 47.7 Å². The van der Waals surface area contributed by atoms with Gasteiger partial charge in [0.05, 0.1) is 32.0 Å². The van der Waals surface area contributed by atoms with Gasteiger partial charge in [-0.15, -0.1) is 0 Å². The van der Waals surface area contributed by atoms with Crippen molar-refractivity contribution in [2.75, 3.05) is 56.4 Å². The molecule has 0 aliphatic carbocycles. The molecule has 2 N–H and O–H groups in total. The number of methoxy groups -OCH3 is 2. The molecule has 2 aliphatic heterocycles. The maximum absolute atomic E-state index is 12.9. The molecule has 0 spiro atoms. The number of piperidine rings is 1. The molecule has 2 aromatic rings. The predicted molar refractivity (Wildman–Crippen MR) is 139 cm³/mol. The summed E-state index contributed by atoms with van der Waals surface area (Å²) in [6.07, 6.45) is 4.21. The minimum Gasteiger partial charge on any atom is -0.493 e. The number of carbonyl (C=O) groups is 2. The first-order chi connectivity index (χ1) is 16.9. The third-order valence-electron chi connectivity index (χ3n) is 6.66. The van der Waals surface area contributed by atoms with E-state index in [1.165, 1.54) is 6.42 Å². The van der Waals surface area contributed by atoms with Gasteiger partial charge in [0, 0.05) is 35.7 Å². The quantitative estimate of drug-likeness (QED) is 0.550. The lowest BCUT2D eigenvalue weighted by Gasteiger charge is -2.28. The summed E-state index contributed by atoms with van der Waals surface area (Å²) >= 11 is 0. The van der Waals surface area contributed by atoms with Crippen molar-refractivity contribution in [3.8, 4) is 11.5 Å². The molecule has 4 rings (SSSR count). The monoisotopic (exact) mass is 478 g/mol. The highest BCUT2D eigenvalue weighted by atomic mass is 16.5. The van der Waals surface area contributed by atoms with E-state index in [0.717, 1.165) is 48.6 Å². The first-order valence-electron chi connectivity index (χ1n) is 12.1. The minimum absolute atomic E-state index is 0.0904. The van der Waals surface area contributed by atoms with E-state index in [1.807, 2.05) is 44.3 Å². The van der Waals surface area contributed by atoms with Gasteiger partial charge >= 0.3 is 0 Å². The molecule has 8 heteroatoms. The maximum atomic E-state index is 12.9. The summed E-state index contributed by atoms with van der Waals surface area (Å²) in [5, 5.41) is 6.33. The molecule has 1 saturated heterocycles. The summed E-state index contributed by atoms with van der Waals surface area (Å²) in [6, 6.07) is 11.3. The Labute approximate surface area is 206 Å². The van der Waals surface area contributed by atoms with E-state index < -0.39 is 0 Å². The number of nitrogens with zero attached hydrogens (tertiary/aromatic N) is 2. The molecule has 1 fully saturated rings. The van der Waals surface area contributed by atoms with Crippen LogP contribution in [0.2, 0.25) is 0 Å². The van der Waals surface area contributed by atoms with Crippen molar-refractivity contribution >= 4 is 34.4 Å². The molecule has 2 amide bonds. The molecule has 0 aromatic heterocycles. The molecular weight excluding hydrogens is 444 g/mol. The van der Waals surface area contributed by atoms with Crippen LogP contribution in [0.4, 0.5) is 17.1 Å². The van der Waals surface area contributed by atoms with Crippen molar-refractivity contribution in [3.63, 3.8) is 0 Å². The second-order valence-electron chi connectivity index (χ2n) is 8.88. The number of rotatable bonds is 8. The number of likely N-dealkylation sites (tertiary alicyclic amines) is 1. The highest BCUT2D eigenvalue weighted by molar-refractivity contribution is 6.32. The Balaban J connectivity index is 1.52. The molecule has 2 heterocycles. The summed E-state index contributed by atoms with van der Waals surface area (Å²) in [5.74, 6) is 1.05. The average molecular weight is 479 g/mol. The molecule has 186 valence electrons. The number of likely N-dealkylation sites (N-methyl/N-ethyl adjacent to an activating group) is 1. The molecular formula is C27H34N4O4. The number of hydrogen-bond donors (Lipinski definition) is 2. The fourth-order valence-electron chi connectivity index (χ4n) is 4.63. The minimum atomic E-state index is -0.167. The number of fused-ring (bicyclic) bond motifs is 1. The highest BCUT2D eigenvalue weighted by Crippen LogP contribution is 2.42. The van der Waals surface area contributed by atoms with Gasteiger partial charge in [0.2, 0.25) is 5.91 Å². The first-order valence-corrected chi connectivity index (χ1v) is 12.1. The Bertz CT molecular complexity index is 1120. The van der Waals surface area contributed by atoms with Gasteiger partial charge < -0.3 is 25.0 Å². The summed E-state index contributed by atoms with van der Waals surface area (Å²) in [7, 11) is 4.96. The largest absolute Gasteiger partial charge is 0.493 e. The van der Waals surface area contributed by atoms with Crippen LogP contribution in [-0.4, -0.2) is 57.6 Å². The van der Waals surface area contributed by atoms with Gasteiger partial charge in [0.1, 0.15) is 0 Å². The lowest BCUT2D eigenvalue weighted by molar-refractivity contribution is -0.119. The zero-order chi connectivity index (χ0) is 24.9. The molecule has 8 nitrogen and oxygen atoms in total. The van der Waals surface area contributed by atoms with E-state index in [2.05, 4.69) is 15.5 Å². The lowest BCUT2D eigenvalue weighted by atomic mass is 10.0. The second-order valence-corrected chi connectivity index (χ2v) is 8.88. The van der Waals surface area contributed by atoms with Crippen molar-refractivity contribution < 1.29 is 19.1 Å². The van der Waals surface area contributed by atoms with Crippen LogP contribution in [0, 0.1) is 0 Å². The first kappa shape index (κ1) is 24.6. The van der Waals surface area contributed by atoms with E-state index in [0.29, 0.717) is 35.7 Å². The highest BCUT2D eigenvalue weighted by Gasteiger charge is 2.29. The Hall–Kier alpha value is -3.52. The van der Waals surface area contributed by atoms with Gasteiger partial charge in [-0.25, -0.2) is 0 Å². The Kier molecular flexibility index (Phi) is 7.60. The summed E-state index contributed by atoms with van der Waals surface area (Å²) < 4.78 is 10.8. The van der Waals surface area contributed by atoms with E-state index in [1.54, 1.807) is 25.2 Å². The van der Waals surface area contributed by atoms with Crippen LogP contribution < -0.4 is 25.0 Å². The van der Waals surface area contributed by atoms with Crippen LogP contribution in [0.5, 0.6) is 11.5 Å². The fourth-order valence-corrected chi connectivity index (χ4v) is 4.63. The second kappa shape index (κ2) is 10.8. The number of carbonyl (C=O) groups excluding carboxylic acids is 2. The standard InChI is InChI=1S/C27H34N4O4/c1-5-21(26-20-15-23(34-3)24(35-4)16-22(20)29-27(26)33)28-18-9-11-19(12-10-18)30(2)25(32)17-31-13-7-6-8-14-31/h9-12,15-16,28H,5-8,13-14,17H2,1-4H3,(H,29,33). The number of allylic oxidation sites excluding steroid dienone is 1. The lowest BCUT2D eigenvalue weighted by Crippen LogP contribution is -2.40. The SMILES string of the molecule is CCC(Nc1ccc(N(C)C(=O)CN2CCCCC2)cc1)=C1C(=O)Nc2cc(OC)c(OC)cc21. The Morgan fingerprint density at radius 2 is 1.71 bits per heavy atom. The van der Waals surface area contributed by atoms with Gasteiger partial charge in [-0.05, 0) is 62.7 Å². The van der Waals surface area contributed by atoms with Crippen molar-refractivity contribution in [2.24, 2.45) is 0 Å². The number of hydrogen-bond acceptors (Lipinski definition) is 6. The van der Waals surface area contributed by atoms with Crippen LogP contribution in [-0.2, 0) is 9.59 Å². The zero-order valence-electron chi connectivity index (χ0n) is 20.9. The molecule has 0 unspecified atom stereocenters. The van der Waals surface area contributed by atoms with E-state index >= 15 is 0 Å². The average Bonchev–Trinajstić information content (AvgIpc) is 3.21. The van der Waals surface area contributed by atoms with Crippen LogP contribution in [0.1, 0.15) is 38.2 Å². The molecule has 2 aliphatic rings. The smallest absolute Gasteiger partial charge is 0.258 e. The van der Waals surface area contributed by atoms with Crippen LogP contribution in [0.25, 0.3) is 5.57 Å². The van der Waals surface area contributed by atoms with Crippen LogP contribution >= 0.6 is 0 Å². The number of ether oxygens (including phenoxy) is 2. The third kappa shape index (κ3) is 5.27. The topological polar surface area (TPSA) is 83.1 Å². The molecule has 35 heavy (non-hydrogen) atoms. The molecule has 0 bridgehead atoms. The third-order valence-corrected chi connectivity index (χ3v) is 6.66. The van der Waals surface area contributed by atoms with Gasteiger partial charge in [0.15, 0.2) is 11.5 Å². The van der Waals surface area contributed by atoms with Crippen LogP contribution in [0.3, 0.4) is 0 Å². The number of anilines is 3. The molecule has 2 aromatic carbocycles. The maximum Gasteiger partial charge on any atom is 0.258 e. The number of benzene rings is 2. The van der Waals surface area contributed by atoms with E-state index in [-0.39, 0.29) is 11.8 Å². The van der Waals surface area contributed by atoms with Crippen molar-refractivity contribution in [1.29, 1.82) is 0 Å². The Morgan fingerprint density at radius 3 is 2.34 bits per heavy atom. The van der Waals surface area contributed by atoms with Gasteiger partial charge in [-0.1, -0.05) is 13.3 Å². The zero-order valence-corrected chi connectivity index (χ0v) is 20.9. The Morgan fingerprint density at radius 1 is 1.06 bits per heavy atom. The van der Waals surface area contributed by atoms with Crippen LogP contribution in [0.15, 0.2) is 42.1 Å². The van der Waals surface area contributed by atoms with Gasteiger partial charge in [-0.2, -0.15) is 0 Å². The fraction of sp³-hybridized carbons (Fsp3) is 0.407. The molecule has 0 radical (unpaired) electrons. The number of amides is 2. The molecule has 0 atom stereocenters. The number of nitrogens with one attached hydrogen (secondary N) is 2. The summed E-state index contributed by atoms with van der Waals surface area (Å²) in [6.45, 7) is 4.44.